The zero-order valence-corrected chi connectivity index (χ0v) is 13.7. The Balaban J connectivity index is 1.68. The fourth-order valence-electron chi connectivity index (χ4n) is 3.19. The van der Waals surface area contributed by atoms with E-state index in [9.17, 15) is 4.79 Å². The molecule has 1 aliphatic carbocycles. The quantitative estimate of drug-likeness (QED) is 0.840. The first kappa shape index (κ1) is 15.0. The van der Waals surface area contributed by atoms with E-state index in [1.165, 1.54) is 18.4 Å². The highest BCUT2D eigenvalue weighted by Gasteiger charge is 2.39. The first-order valence-corrected chi connectivity index (χ1v) is 9.01. The fraction of sp³-hybridized carbons (Fsp3) is 0.688. The maximum Gasteiger partial charge on any atom is 0.241 e. The van der Waals surface area contributed by atoms with Crippen LogP contribution in [-0.4, -0.2) is 47.4 Å². The lowest BCUT2D eigenvalue weighted by atomic mass is 10.2. The molecule has 5 heteroatoms. The van der Waals surface area contributed by atoms with Gasteiger partial charge in [0.1, 0.15) is 6.17 Å². The Labute approximate surface area is 131 Å². The van der Waals surface area contributed by atoms with Gasteiger partial charge in [0.05, 0.1) is 6.04 Å². The molecule has 2 heterocycles. The molecular formula is C16H25N3OS. The number of likely N-dealkylation sites (N-methyl/N-ethyl adjacent to an activating group) is 1. The summed E-state index contributed by atoms with van der Waals surface area (Å²) in [4.78, 5) is 17.1. The minimum absolute atomic E-state index is 0.0223. The van der Waals surface area contributed by atoms with Crippen LogP contribution in [0.2, 0.25) is 0 Å². The van der Waals surface area contributed by atoms with Crippen molar-refractivity contribution in [2.45, 2.75) is 51.4 Å². The molecule has 2 fully saturated rings. The Kier molecular flexibility index (Phi) is 4.62. The lowest BCUT2D eigenvalue weighted by Crippen LogP contribution is -2.39. The average molecular weight is 307 g/mol. The summed E-state index contributed by atoms with van der Waals surface area (Å²) < 4.78 is 0. The summed E-state index contributed by atoms with van der Waals surface area (Å²) in [5, 5.41) is 7.73. The number of carbonyl (C=O) groups excluding carboxylic acids is 1. The largest absolute Gasteiger partial charge is 0.320 e. The van der Waals surface area contributed by atoms with Crippen LogP contribution in [-0.2, 0) is 4.79 Å². The third-order valence-electron chi connectivity index (χ3n) is 4.62. The van der Waals surface area contributed by atoms with Gasteiger partial charge < -0.3 is 4.90 Å². The van der Waals surface area contributed by atoms with Crippen LogP contribution >= 0.6 is 11.3 Å². The van der Waals surface area contributed by atoms with Crippen LogP contribution in [0.15, 0.2) is 16.8 Å². The van der Waals surface area contributed by atoms with Crippen molar-refractivity contribution in [3.8, 4) is 0 Å². The Morgan fingerprint density at radius 2 is 2.24 bits per heavy atom. The molecule has 1 N–H and O–H groups in total. The molecule has 0 aromatic carbocycles. The van der Waals surface area contributed by atoms with Gasteiger partial charge >= 0.3 is 0 Å². The van der Waals surface area contributed by atoms with Crippen molar-refractivity contribution in [2.24, 2.45) is 0 Å². The number of nitrogens with one attached hydrogen (secondary N) is 1. The summed E-state index contributed by atoms with van der Waals surface area (Å²) in [6.45, 7) is 7.19. The van der Waals surface area contributed by atoms with Crippen molar-refractivity contribution >= 4 is 17.2 Å². The molecule has 1 aromatic heterocycles. The van der Waals surface area contributed by atoms with E-state index in [-0.39, 0.29) is 18.1 Å². The molecule has 1 saturated carbocycles. The van der Waals surface area contributed by atoms with Gasteiger partial charge in [-0.25, -0.2) is 0 Å². The van der Waals surface area contributed by atoms with Crippen LogP contribution in [0, 0.1) is 0 Å². The van der Waals surface area contributed by atoms with Crippen LogP contribution in [0.4, 0.5) is 0 Å². The second kappa shape index (κ2) is 6.46. The summed E-state index contributed by atoms with van der Waals surface area (Å²) in [6, 6.07) is 2.87. The number of rotatable bonds is 7. The predicted octanol–water partition coefficient (Wildman–Crippen LogP) is 2.44. The van der Waals surface area contributed by atoms with Crippen molar-refractivity contribution in [3.05, 3.63) is 22.4 Å². The molecule has 116 valence electrons. The molecule has 2 atom stereocenters. The monoisotopic (exact) mass is 307 g/mol. The lowest BCUT2D eigenvalue weighted by Gasteiger charge is -2.27. The number of hydrogen-bond acceptors (Lipinski definition) is 4. The van der Waals surface area contributed by atoms with Crippen molar-refractivity contribution in [1.82, 2.24) is 15.1 Å². The summed E-state index contributed by atoms with van der Waals surface area (Å²) in [6.07, 6.45) is 3.57. The van der Waals surface area contributed by atoms with E-state index < -0.39 is 0 Å². The predicted molar refractivity (Wildman–Crippen MR) is 86.3 cm³/mol. The van der Waals surface area contributed by atoms with Crippen LogP contribution < -0.4 is 5.32 Å². The van der Waals surface area contributed by atoms with Crippen LogP contribution in [0.1, 0.15) is 44.8 Å². The first-order chi connectivity index (χ1) is 10.2. The molecule has 1 aromatic rings. The fourth-order valence-corrected chi connectivity index (χ4v) is 3.87. The van der Waals surface area contributed by atoms with Gasteiger partial charge in [-0.05, 0) is 48.2 Å². The number of hydrogen-bond donors (Lipinski definition) is 1. The Morgan fingerprint density at radius 1 is 1.43 bits per heavy atom. The molecule has 21 heavy (non-hydrogen) atoms. The molecule has 0 bridgehead atoms. The molecule has 1 amide bonds. The zero-order chi connectivity index (χ0) is 14.8. The van der Waals surface area contributed by atoms with Crippen molar-refractivity contribution in [1.29, 1.82) is 0 Å². The van der Waals surface area contributed by atoms with E-state index in [0.29, 0.717) is 0 Å². The number of carbonyl (C=O) groups is 1. The van der Waals surface area contributed by atoms with Gasteiger partial charge in [-0.15, -0.1) is 0 Å². The van der Waals surface area contributed by atoms with Crippen molar-refractivity contribution in [2.75, 3.05) is 19.6 Å². The van der Waals surface area contributed by atoms with E-state index in [1.807, 2.05) is 4.90 Å². The van der Waals surface area contributed by atoms with Crippen LogP contribution in [0.3, 0.4) is 0 Å². The molecule has 1 saturated heterocycles. The maximum absolute atomic E-state index is 12.6. The van der Waals surface area contributed by atoms with E-state index in [2.05, 4.69) is 40.9 Å². The van der Waals surface area contributed by atoms with Crippen LogP contribution in [0.5, 0.6) is 0 Å². The molecular weight excluding hydrogens is 282 g/mol. The molecule has 3 rings (SSSR count). The van der Waals surface area contributed by atoms with Crippen molar-refractivity contribution in [3.63, 3.8) is 0 Å². The minimum Gasteiger partial charge on any atom is -0.320 e. The van der Waals surface area contributed by atoms with Gasteiger partial charge in [-0.2, -0.15) is 11.3 Å². The SMILES string of the molecule is CCC1NC(c2ccsc2)N(CCN(CC)C2CC2)C1=O. The van der Waals surface area contributed by atoms with Gasteiger partial charge in [0, 0.05) is 19.1 Å². The van der Waals surface area contributed by atoms with Crippen LogP contribution in [0.25, 0.3) is 0 Å². The smallest absolute Gasteiger partial charge is 0.241 e. The molecule has 1 aliphatic heterocycles. The molecule has 2 aliphatic rings. The molecule has 0 spiro atoms. The summed E-state index contributed by atoms with van der Waals surface area (Å²) in [5.74, 6) is 0.264. The normalized spacial score (nSPS) is 26.0. The third kappa shape index (κ3) is 3.15. The summed E-state index contributed by atoms with van der Waals surface area (Å²) in [5.41, 5.74) is 1.22. The molecule has 4 nitrogen and oxygen atoms in total. The van der Waals surface area contributed by atoms with E-state index in [1.54, 1.807) is 11.3 Å². The number of thiophene rings is 1. The highest BCUT2D eigenvalue weighted by molar-refractivity contribution is 7.07. The van der Waals surface area contributed by atoms with Gasteiger partial charge in [0.2, 0.25) is 5.91 Å². The minimum atomic E-state index is -0.0223. The van der Waals surface area contributed by atoms with Gasteiger partial charge in [0.15, 0.2) is 0 Å². The standard InChI is InChI=1S/C16H25N3OS/c1-3-14-16(20)19(9-8-18(4-2)13-5-6-13)15(17-14)12-7-10-21-11-12/h7,10-11,13-15,17H,3-6,8-9H2,1-2H3. The second-order valence-corrected chi connectivity index (χ2v) is 6.76. The highest BCUT2D eigenvalue weighted by Crippen LogP contribution is 2.29. The third-order valence-corrected chi connectivity index (χ3v) is 5.32. The van der Waals surface area contributed by atoms with Gasteiger partial charge in [-0.3, -0.25) is 15.0 Å². The Morgan fingerprint density at radius 3 is 2.81 bits per heavy atom. The zero-order valence-electron chi connectivity index (χ0n) is 12.9. The number of nitrogens with zero attached hydrogens (tertiary/aromatic N) is 2. The van der Waals surface area contributed by atoms with Gasteiger partial charge in [0.25, 0.3) is 0 Å². The first-order valence-electron chi connectivity index (χ1n) is 8.07. The molecule has 2 unspecified atom stereocenters. The van der Waals surface area contributed by atoms with E-state index >= 15 is 0 Å². The second-order valence-electron chi connectivity index (χ2n) is 5.98. The highest BCUT2D eigenvalue weighted by atomic mass is 32.1. The Hall–Kier alpha value is -0.910. The van der Waals surface area contributed by atoms with Gasteiger partial charge in [-0.1, -0.05) is 13.8 Å². The van der Waals surface area contributed by atoms with E-state index in [4.69, 9.17) is 0 Å². The maximum atomic E-state index is 12.6. The average Bonchev–Trinajstić information content (AvgIpc) is 3.08. The van der Waals surface area contributed by atoms with E-state index in [0.717, 1.165) is 32.1 Å². The lowest BCUT2D eigenvalue weighted by molar-refractivity contribution is -0.130. The van der Waals surface area contributed by atoms with Crippen molar-refractivity contribution < 1.29 is 4.79 Å². The summed E-state index contributed by atoms with van der Waals surface area (Å²) >= 11 is 1.69. The number of amides is 1. The topological polar surface area (TPSA) is 35.6 Å². The molecule has 0 radical (unpaired) electrons. The Bertz CT molecular complexity index is 472. The summed E-state index contributed by atoms with van der Waals surface area (Å²) in [7, 11) is 0.